The lowest BCUT2D eigenvalue weighted by Gasteiger charge is -2.16. The van der Waals surface area contributed by atoms with Crippen molar-refractivity contribution in [2.24, 2.45) is 5.92 Å². The molecule has 0 bridgehead atoms. The zero-order valence-corrected chi connectivity index (χ0v) is 10.3. The van der Waals surface area contributed by atoms with Crippen LogP contribution in [0.2, 0.25) is 0 Å². The zero-order valence-electron chi connectivity index (χ0n) is 10.3. The highest BCUT2D eigenvalue weighted by Crippen LogP contribution is 2.27. The van der Waals surface area contributed by atoms with Crippen molar-refractivity contribution < 1.29 is 14.6 Å². The Morgan fingerprint density at radius 2 is 2.33 bits per heavy atom. The summed E-state index contributed by atoms with van der Waals surface area (Å²) in [6.07, 6.45) is 1.43. The molecular weight excluding hydrogens is 230 g/mol. The number of rotatable bonds is 3. The maximum Gasteiger partial charge on any atom is 0.223 e. The number of aliphatic hydroxyl groups excluding tert-OH is 1. The third-order valence-electron chi connectivity index (χ3n) is 3.68. The summed E-state index contributed by atoms with van der Waals surface area (Å²) in [6, 6.07) is 6.13. The Hall–Kier alpha value is -1.55. The van der Waals surface area contributed by atoms with E-state index in [1.54, 1.807) is 0 Å². The van der Waals surface area contributed by atoms with Gasteiger partial charge in [-0.05, 0) is 17.2 Å². The van der Waals surface area contributed by atoms with Crippen molar-refractivity contribution in [1.29, 1.82) is 0 Å². The number of fused-ring (bicyclic) bond motifs is 1. The maximum atomic E-state index is 11.8. The van der Waals surface area contributed by atoms with E-state index in [4.69, 9.17) is 9.84 Å². The van der Waals surface area contributed by atoms with Gasteiger partial charge < -0.3 is 14.7 Å². The van der Waals surface area contributed by atoms with Crippen LogP contribution in [0, 0.1) is 5.92 Å². The van der Waals surface area contributed by atoms with Crippen molar-refractivity contribution in [3.63, 3.8) is 0 Å². The molecule has 3 rings (SSSR count). The molecule has 1 saturated heterocycles. The molecule has 18 heavy (non-hydrogen) atoms. The third kappa shape index (κ3) is 2.08. The molecule has 4 heteroatoms. The SMILES string of the molecule is O=C1CC(CO)CN1Cc1ccc2c(c1)CCO2. The second kappa shape index (κ2) is 4.61. The molecule has 2 aliphatic heterocycles. The van der Waals surface area contributed by atoms with Gasteiger partial charge in [0.05, 0.1) is 6.61 Å². The topological polar surface area (TPSA) is 49.8 Å². The van der Waals surface area contributed by atoms with Gasteiger partial charge in [-0.3, -0.25) is 4.79 Å². The van der Waals surface area contributed by atoms with Gasteiger partial charge in [-0.2, -0.15) is 0 Å². The lowest BCUT2D eigenvalue weighted by Crippen LogP contribution is -2.24. The fraction of sp³-hybridized carbons (Fsp3) is 0.500. The van der Waals surface area contributed by atoms with Gasteiger partial charge in [0.15, 0.2) is 0 Å². The minimum absolute atomic E-state index is 0.0975. The largest absolute Gasteiger partial charge is 0.493 e. The highest BCUT2D eigenvalue weighted by atomic mass is 16.5. The Morgan fingerprint density at radius 3 is 3.11 bits per heavy atom. The summed E-state index contributed by atoms with van der Waals surface area (Å²) < 4.78 is 5.47. The quantitative estimate of drug-likeness (QED) is 0.865. The van der Waals surface area contributed by atoms with Gasteiger partial charge in [-0.1, -0.05) is 12.1 Å². The van der Waals surface area contributed by atoms with E-state index >= 15 is 0 Å². The van der Waals surface area contributed by atoms with Gasteiger partial charge in [0.25, 0.3) is 0 Å². The molecule has 1 amide bonds. The van der Waals surface area contributed by atoms with E-state index in [1.165, 1.54) is 5.56 Å². The molecule has 96 valence electrons. The van der Waals surface area contributed by atoms with Gasteiger partial charge in [0.2, 0.25) is 5.91 Å². The van der Waals surface area contributed by atoms with Crippen LogP contribution in [0.25, 0.3) is 0 Å². The number of carbonyl (C=O) groups is 1. The second-order valence-corrected chi connectivity index (χ2v) is 5.07. The standard InChI is InChI=1S/C14H17NO3/c16-9-11-6-14(17)15(8-11)7-10-1-2-13-12(5-10)3-4-18-13/h1-2,5,11,16H,3-4,6-9H2. The highest BCUT2D eigenvalue weighted by molar-refractivity contribution is 5.78. The number of ether oxygens (including phenoxy) is 1. The molecule has 1 fully saturated rings. The first-order valence-electron chi connectivity index (χ1n) is 6.39. The lowest BCUT2D eigenvalue weighted by molar-refractivity contribution is -0.128. The zero-order chi connectivity index (χ0) is 12.5. The third-order valence-corrected chi connectivity index (χ3v) is 3.68. The molecule has 1 aromatic rings. The summed E-state index contributed by atoms with van der Waals surface area (Å²) in [5.74, 6) is 1.22. The van der Waals surface area contributed by atoms with Crippen molar-refractivity contribution in [2.75, 3.05) is 19.8 Å². The first-order valence-corrected chi connectivity index (χ1v) is 6.39. The van der Waals surface area contributed by atoms with E-state index in [0.717, 1.165) is 24.3 Å². The number of likely N-dealkylation sites (tertiary alicyclic amines) is 1. The molecule has 1 aromatic carbocycles. The summed E-state index contributed by atoms with van der Waals surface area (Å²) in [4.78, 5) is 13.6. The summed E-state index contributed by atoms with van der Waals surface area (Å²) in [6.45, 7) is 2.17. The summed E-state index contributed by atoms with van der Waals surface area (Å²) >= 11 is 0. The smallest absolute Gasteiger partial charge is 0.223 e. The van der Waals surface area contributed by atoms with Crippen molar-refractivity contribution in [2.45, 2.75) is 19.4 Å². The molecule has 1 unspecified atom stereocenters. The van der Waals surface area contributed by atoms with Crippen LogP contribution in [-0.4, -0.2) is 35.7 Å². The van der Waals surface area contributed by atoms with E-state index in [0.29, 0.717) is 19.5 Å². The summed E-state index contributed by atoms with van der Waals surface area (Å²) in [5.41, 5.74) is 2.38. The van der Waals surface area contributed by atoms with Crippen LogP contribution >= 0.6 is 0 Å². The number of benzene rings is 1. The molecule has 1 N–H and O–H groups in total. The molecule has 0 saturated carbocycles. The number of nitrogens with zero attached hydrogens (tertiary/aromatic N) is 1. The predicted molar refractivity (Wildman–Crippen MR) is 66.3 cm³/mol. The number of carbonyl (C=O) groups excluding carboxylic acids is 1. The number of aliphatic hydroxyl groups is 1. The normalized spacial score (nSPS) is 22.2. The van der Waals surface area contributed by atoms with E-state index in [2.05, 4.69) is 6.07 Å². The Morgan fingerprint density at radius 1 is 1.44 bits per heavy atom. The molecule has 0 radical (unpaired) electrons. The molecule has 0 aromatic heterocycles. The molecule has 0 spiro atoms. The number of amides is 1. The first-order chi connectivity index (χ1) is 8.76. The minimum Gasteiger partial charge on any atom is -0.493 e. The molecule has 4 nitrogen and oxygen atoms in total. The van der Waals surface area contributed by atoms with Crippen molar-refractivity contribution in [3.05, 3.63) is 29.3 Å². The minimum atomic E-state index is 0.0975. The Labute approximate surface area is 106 Å². The van der Waals surface area contributed by atoms with Crippen molar-refractivity contribution in [3.8, 4) is 5.75 Å². The summed E-state index contributed by atoms with van der Waals surface area (Å²) in [5, 5.41) is 9.10. The first kappa shape index (κ1) is 11.5. The summed E-state index contributed by atoms with van der Waals surface area (Å²) in [7, 11) is 0. The van der Waals surface area contributed by atoms with Gasteiger partial charge in [0.1, 0.15) is 5.75 Å². The van der Waals surface area contributed by atoms with Crippen LogP contribution < -0.4 is 4.74 Å². The predicted octanol–water partition coefficient (Wildman–Crippen LogP) is 0.962. The van der Waals surface area contributed by atoms with Crippen molar-refractivity contribution >= 4 is 5.91 Å². The van der Waals surface area contributed by atoms with E-state index in [-0.39, 0.29) is 18.4 Å². The van der Waals surface area contributed by atoms with Crippen molar-refractivity contribution in [1.82, 2.24) is 4.90 Å². The molecule has 2 aliphatic rings. The van der Waals surface area contributed by atoms with Gasteiger partial charge >= 0.3 is 0 Å². The molecular formula is C14H17NO3. The fourth-order valence-corrected chi connectivity index (χ4v) is 2.69. The Kier molecular flexibility index (Phi) is 2.96. The average Bonchev–Trinajstić information content (AvgIpc) is 2.96. The molecule has 2 heterocycles. The Bertz CT molecular complexity index is 472. The average molecular weight is 247 g/mol. The number of hydrogen-bond acceptors (Lipinski definition) is 3. The van der Waals surface area contributed by atoms with E-state index in [1.807, 2.05) is 17.0 Å². The monoisotopic (exact) mass is 247 g/mol. The van der Waals surface area contributed by atoms with Crippen LogP contribution in [0.5, 0.6) is 5.75 Å². The fourth-order valence-electron chi connectivity index (χ4n) is 2.69. The molecule has 1 atom stereocenters. The van der Waals surface area contributed by atoms with Gasteiger partial charge in [-0.15, -0.1) is 0 Å². The van der Waals surface area contributed by atoms with E-state index < -0.39 is 0 Å². The Balaban J connectivity index is 1.71. The van der Waals surface area contributed by atoms with Crippen LogP contribution in [0.1, 0.15) is 17.5 Å². The van der Waals surface area contributed by atoms with Gasteiger partial charge in [0, 0.05) is 38.5 Å². The van der Waals surface area contributed by atoms with E-state index in [9.17, 15) is 4.79 Å². The second-order valence-electron chi connectivity index (χ2n) is 5.07. The van der Waals surface area contributed by atoms with Gasteiger partial charge in [-0.25, -0.2) is 0 Å². The maximum absolute atomic E-state index is 11.8. The van der Waals surface area contributed by atoms with Crippen LogP contribution in [0.3, 0.4) is 0 Å². The van der Waals surface area contributed by atoms with Crippen LogP contribution in [-0.2, 0) is 17.8 Å². The highest BCUT2D eigenvalue weighted by Gasteiger charge is 2.29. The number of hydrogen-bond donors (Lipinski definition) is 1. The van der Waals surface area contributed by atoms with Crippen LogP contribution in [0.15, 0.2) is 18.2 Å². The lowest BCUT2D eigenvalue weighted by atomic mass is 10.1. The molecule has 0 aliphatic carbocycles. The van der Waals surface area contributed by atoms with Crippen LogP contribution in [0.4, 0.5) is 0 Å².